The summed E-state index contributed by atoms with van der Waals surface area (Å²) in [6.45, 7) is 1.86. The third-order valence-electron chi connectivity index (χ3n) is 2.87. The SMILES string of the molecule is Nc1cc[n+](CCCN2C=CC(=CN=O)C=C2)cc1. The van der Waals surface area contributed by atoms with Gasteiger partial charge in [-0.1, -0.05) is 0 Å². The van der Waals surface area contributed by atoms with E-state index in [4.69, 9.17) is 5.73 Å². The van der Waals surface area contributed by atoms with Crippen LogP contribution in [0.1, 0.15) is 6.42 Å². The summed E-state index contributed by atoms with van der Waals surface area (Å²) < 4.78 is 2.11. The molecule has 2 heterocycles. The number of anilines is 1. The van der Waals surface area contributed by atoms with Crippen LogP contribution in [-0.4, -0.2) is 11.4 Å². The number of hydrogen-bond donors (Lipinski definition) is 1. The van der Waals surface area contributed by atoms with Crippen LogP contribution in [0.4, 0.5) is 5.69 Å². The lowest BCUT2D eigenvalue weighted by Crippen LogP contribution is -2.34. The largest absolute Gasteiger partial charge is 0.398 e. The average Bonchev–Trinajstić information content (AvgIpc) is 2.43. The predicted octanol–water partition coefficient (Wildman–Crippen LogP) is 1.94. The molecule has 0 bridgehead atoms. The molecule has 0 saturated carbocycles. The van der Waals surface area contributed by atoms with Crippen LogP contribution in [0.2, 0.25) is 0 Å². The van der Waals surface area contributed by atoms with E-state index in [-0.39, 0.29) is 0 Å². The van der Waals surface area contributed by atoms with E-state index in [9.17, 15) is 4.91 Å². The lowest BCUT2D eigenvalue weighted by molar-refractivity contribution is -0.697. The highest BCUT2D eigenvalue weighted by molar-refractivity contribution is 5.33. The van der Waals surface area contributed by atoms with Crippen molar-refractivity contribution in [2.45, 2.75) is 13.0 Å². The molecule has 19 heavy (non-hydrogen) atoms. The van der Waals surface area contributed by atoms with Gasteiger partial charge in [-0.25, -0.2) is 4.57 Å². The molecule has 0 atom stereocenters. The molecule has 0 radical (unpaired) electrons. The lowest BCUT2D eigenvalue weighted by atomic mass is 10.2. The first kappa shape index (κ1) is 13.0. The minimum absolute atomic E-state index is 0.779. The molecule has 0 amide bonds. The van der Waals surface area contributed by atoms with Gasteiger partial charge < -0.3 is 10.6 Å². The molecule has 2 rings (SSSR count). The van der Waals surface area contributed by atoms with E-state index in [1.807, 2.05) is 49.1 Å². The van der Waals surface area contributed by atoms with Gasteiger partial charge in [-0.15, -0.1) is 4.91 Å². The average molecular weight is 257 g/mol. The number of nitrogens with two attached hydrogens (primary N) is 1. The van der Waals surface area contributed by atoms with Crippen LogP contribution in [0.15, 0.2) is 66.0 Å². The molecular formula is C14H17N4O+. The summed E-state index contributed by atoms with van der Waals surface area (Å²) in [4.78, 5) is 12.2. The quantitative estimate of drug-likeness (QED) is 0.647. The zero-order valence-corrected chi connectivity index (χ0v) is 10.6. The first-order chi connectivity index (χ1) is 9.28. The van der Waals surface area contributed by atoms with Gasteiger partial charge in [0.15, 0.2) is 12.4 Å². The molecule has 0 fully saturated rings. The highest BCUT2D eigenvalue weighted by Gasteiger charge is 2.03. The Bertz CT molecular complexity index is 501. The van der Waals surface area contributed by atoms with E-state index in [1.165, 1.54) is 6.20 Å². The number of allylic oxidation sites excluding steroid dienone is 3. The van der Waals surface area contributed by atoms with Crippen molar-refractivity contribution in [3.8, 4) is 0 Å². The molecule has 1 aromatic rings. The molecule has 5 nitrogen and oxygen atoms in total. The van der Waals surface area contributed by atoms with Crippen molar-refractivity contribution in [1.29, 1.82) is 0 Å². The van der Waals surface area contributed by atoms with Crippen LogP contribution >= 0.6 is 0 Å². The van der Waals surface area contributed by atoms with Crippen molar-refractivity contribution in [1.82, 2.24) is 4.90 Å². The number of hydrogen-bond acceptors (Lipinski definition) is 4. The normalized spacial score (nSPS) is 13.7. The Morgan fingerprint density at radius 3 is 2.58 bits per heavy atom. The third-order valence-corrected chi connectivity index (χ3v) is 2.87. The molecule has 0 spiro atoms. The minimum atomic E-state index is 0.779. The summed E-state index contributed by atoms with van der Waals surface area (Å²) in [5.41, 5.74) is 7.23. The second-order valence-electron chi connectivity index (χ2n) is 4.33. The maximum absolute atomic E-state index is 10.1. The monoisotopic (exact) mass is 257 g/mol. The third kappa shape index (κ3) is 4.06. The molecule has 0 aromatic carbocycles. The fraction of sp³-hybridized carbons (Fsp3) is 0.214. The second-order valence-corrected chi connectivity index (χ2v) is 4.33. The van der Waals surface area contributed by atoms with Crippen molar-refractivity contribution in [3.05, 3.63) is 65.8 Å². The van der Waals surface area contributed by atoms with Crippen molar-refractivity contribution < 1.29 is 4.57 Å². The Morgan fingerprint density at radius 1 is 1.26 bits per heavy atom. The Hall–Kier alpha value is -2.43. The topological polar surface area (TPSA) is 62.6 Å². The van der Waals surface area contributed by atoms with Gasteiger partial charge in [0.05, 0.1) is 6.20 Å². The Labute approximate surface area is 112 Å². The summed E-state index contributed by atoms with van der Waals surface area (Å²) in [6.07, 6.45) is 13.9. The summed E-state index contributed by atoms with van der Waals surface area (Å²) in [6, 6.07) is 3.79. The van der Waals surface area contributed by atoms with Crippen molar-refractivity contribution in [3.63, 3.8) is 0 Å². The molecule has 1 aliphatic rings. The Kier molecular flexibility index (Phi) is 4.44. The van der Waals surface area contributed by atoms with E-state index < -0.39 is 0 Å². The predicted molar refractivity (Wildman–Crippen MR) is 74.5 cm³/mol. The second kappa shape index (κ2) is 6.49. The van der Waals surface area contributed by atoms with Gasteiger partial charge in [-0.3, -0.25) is 0 Å². The summed E-state index contributed by atoms with van der Waals surface area (Å²) in [7, 11) is 0. The van der Waals surface area contributed by atoms with Crippen molar-refractivity contribution in [2.24, 2.45) is 5.18 Å². The van der Waals surface area contributed by atoms with Crippen LogP contribution in [0.3, 0.4) is 0 Å². The zero-order valence-electron chi connectivity index (χ0n) is 10.6. The van der Waals surface area contributed by atoms with Crippen LogP contribution in [0.5, 0.6) is 0 Å². The van der Waals surface area contributed by atoms with Gasteiger partial charge in [0.1, 0.15) is 6.54 Å². The highest BCUT2D eigenvalue weighted by atomic mass is 16.2. The van der Waals surface area contributed by atoms with E-state index in [2.05, 4.69) is 14.6 Å². The van der Waals surface area contributed by atoms with Gasteiger partial charge in [0.2, 0.25) is 0 Å². The van der Waals surface area contributed by atoms with Gasteiger partial charge in [-0.2, -0.15) is 0 Å². The Balaban J connectivity index is 1.77. The number of aryl methyl sites for hydroxylation is 1. The summed E-state index contributed by atoms with van der Waals surface area (Å²) >= 11 is 0. The molecular weight excluding hydrogens is 240 g/mol. The molecule has 1 aliphatic heterocycles. The molecule has 1 aromatic heterocycles. The molecule has 2 N–H and O–H groups in total. The number of rotatable bonds is 5. The summed E-state index contributed by atoms with van der Waals surface area (Å²) in [5, 5.41) is 2.75. The zero-order chi connectivity index (χ0) is 13.5. The molecule has 0 unspecified atom stereocenters. The lowest BCUT2D eigenvalue weighted by Gasteiger charge is -2.17. The molecule has 0 saturated heterocycles. The smallest absolute Gasteiger partial charge is 0.170 e. The minimum Gasteiger partial charge on any atom is -0.398 e. The number of nitrogens with zero attached hydrogens (tertiary/aromatic N) is 3. The van der Waals surface area contributed by atoms with E-state index in [1.54, 1.807) is 0 Å². The molecule has 98 valence electrons. The van der Waals surface area contributed by atoms with Crippen LogP contribution < -0.4 is 10.3 Å². The number of nitroso groups, excluding NO2 is 1. The van der Waals surface area contributed by atoms with Gasteiger partial charge >= 0.3 is 0 Å². The van der Waals surface area contributed by atoms with Crippen molar-refractivity contribution >= 4 is 5.69 Å². The number of nitrogen functional groups attached to an aromatic ring is 1. The van der Waals surface area contributed by atoms with E-state index in [0.29, 0.717) is 0 Å². The van der Waals surface area contributed by atoms with E-state index >= 15 is 0 Å². The fourth-order valence-corrected chi connectivity index (χ4v) is 1.82. The first-order valence-electron chi connectivity index (χ1n) is 6.17. The maximum atomic E-state index is 10.1. The van der Waals surface area contributed by atoms with Crippen molar-refractivity contribution in [2.75, 3.05) is 12.3 Å². The Morgan fingerprint density at radius 2 is 1.95 bits per heavy atom. The van der Waals surface area contributed by atoms with Gasteiger partial charge in [0, 0.05) is 43.2 Å². The highest BCUT2D eigenvalue weighted by Crippen LogP contribution is 2.09. The summed E-state index contributed by atoms with van der Waals surface area (Å²) in [5.74, 6) is 0. The molecule has 5 heteroatoms. The molecule has 0 aliphatic carbocycles. The van der Waals surface area contributed by atoms with Gasteiger partial charge in [0.25, 0.3) is 0 Å². The van der Waals surface area contributed by atoms with Crippen LogP contribution in [-0.2, 0) is 6.54 Å². The van der Waals surface area contributed by atoms with Gasteiger partial charge in [-0.05, 0) is 22.9 Å². The van der Waals surface area contributed by atoms with Crippen LogP contribution in [0.25, 0.3) is 0 Å². The first-order valence-corrected chi connectivity index (χ1v) is 6.17. The maximum Gasteiger partial charge on any atom is 0.170 e. The van der Waals surface area contributed by atoms with E-state index in [0.717, 1.165) is 30.8 Å². The fourth-order valence-electron chi connectivity index (χ4n) is 1.82. The number of aromatic nitrogens is 1. The number of pyridine rings is 1. The van der Waals surface area contributed by atoms with Crippen LogP contribution in [0, 0.1) is 4.91 Å². The standard InChI is InChI=1S/C14H16N4O/c15-14-4-10-18(11-5-14)7-1-6-17-8-2-13(3-9-17)12-16-19/h2-5,8-12,15H,1,6-7H2/p+1.